The van der Waals surface area contributed by atoms with Gasteiger partial charge < -0.3 is 15.1 Å². The van der Waals surface area contributed by atoms with Gasteiger partial charge in [0.2, 0.25) is 0 Å². The highest BCUT2D eigenvalue weighted by Gasteiger charge is 2.27. The summed E-state index contributed by atoms with van der Waals surface area (Å²) in [7, 11) is 0. The van der Waals surface area contributed by atoms with Crippen molar-refractivity contribution in [1.82, 2.24) is 10.2 Å². The van der Waals surface area contributed by atoms with E-state index >= 15 is 0 Å². The van der Waals surface area contributed by atoms with Crippen molar-refractivity contribution >= 4 is 17.3 Å². The highest BCUT2D eigenvalue weighted by molar-refractivity contribution is 5.98. The lowest BCUT2D eigenvalue weighted by atomic mass is 9.95. The van der Waals surface area contributed by atoms with Crippen molar-refractivity contribution in [1.29, 1.82) is 0 Å². The fraction of sp³-hybridized carbons (Fsp3) is 0.458. The normalized spacial score (nSPS) is 20.4. The van der Waals surface area contributed by atoms with E-state index in [1.165, 1.54) is 24.6 Å². The number of nitrogens with one attached hydrogen (secondary N) is 1. The van der Waals surface area contributed by atoms with Gasteiger partial charge in [0, 0.05) is 63.6 Å². The topological polar surface area (TPSA) is 38.8 Å². The first kappa shape index (κ1) is 19.4. The van der Waals surface area contributed by atoms with Crippen LogP contribution in [-0.2, 0) is 6.54 Å². The number of para-hydroxylation sites is 1. The number of hydrogen-bond acceptors (Lipinski definition) is 4. The Kier molecular flexibility index (Phi) is 5.34. The summed E-state index contributed by atoms with van der Waals surface area (Å²) in [4.78, 5) is 18.9. The summed E-state index contributed by atoms with van der Waals surface area (Å²) in [5, 5.41) is 2.77. The van der Waals surface area contributed by atoms with Crippen LogP contribution in [0.4, 0.5) is 15.8 Å². The fourth-order valence-electron chi connectivity index (χ4n) is 5.02. The first-order chi connectivity index (χ1) is 14.7. The van der Waals surface area contributed by atoms with E-state index in [2.05, 4.69) is 50.3 Å². The molecule has 0 unspecified atom stereocenters. The maximum atomic E-state index is 14.6. The number of halogens is 1. The Morgan fingerprint density at radius 3 is 2.40 bits per heavy atom. The molecule has 0 aliphatic carbocycles. The number of piperidine rings is 1. The summed E-state index contributed by atoms with van der Waals surface area (Å²) in [6, 6.07) is 13.9. The van der Waals surface area contributed by atoms with Gasteiger partial charge in [0.1, 0.15) is 5.82 Å². The summed E-state index contributed by atoms with van der Waals surface area (Å²) < 4.78 is 14.6. The minimum absolute atomic E-state index is 0.168. The highest BCUT2D eigenvalue weighted by atomic mass is 19.1. The molecule has 2 fully saturated rings. The van der Waals surface area contributed by atoms with Crippen LogP contribution in [0.25, 0.3) is 0 Å². The standard InChI is InChI=1S/C24H29FN4O/c25-22-15-21-19(16-26-24(21)30)14-23(22)29-12-10-27(11-13-29)17-18-6-8-28(9-7-18)20-4-2-1-3-5-20/h1-5,14-15,18H,6-13,16-17H2,(H,26,30). The van der Waals surface area contributed by atoms with Crippen molar-refractivity contribution in [2.75, 3.05) is 55.6 Å². The molecule has 2 saturated heterocycles. The number of benzene rings is 2. The zero-order chi connectivity index (χ0) is 20.5. The second-order valence-corrected chi connectivity index (χ2v) is 8.70. The minimum Gasteiger partial charge on any atom is -0.372 e. The predicted octanol–water partition coefficient (Wildman–Crippen LogP) is 3.11. The van der Waals surface area contributed by atoms with Crippen LogP contribution in [0.5, 0.6) is 0 Å². The Hall–Kier alpha value is -2.60. The van der Waals surface area contributed by atoms with E-state index in [0.717, 1.165) is 57.3 Å². The molecule has 5 rings (SSSR count). The van der Waals surface area contributed by atoms with E-state index in [-0.39, 0.29) is 11.7 Å². The van der Waals surface area contributed by atoms with Crippen molar-refractivity contribution in [3.63, 3.8) is 0 Å². The summed E-state index contributed by atoms with van der Waals surface area (Å²) in [6.45, 7) is 7.49. The zero-order valence-corrected chi connectivity index (χ0v) is 17.3. The number of piperazine rings is 1. The van der Waals surface area contributed by atoms with E-state index in [0.29, 0.717) is 17.8 Å². The average molecular weight is 409 g/mol. The molecule has 158 valence electrons. The molecule has 0 aromatic heterocycles. The Morgan fingerprint density at radius 2 is 1.67 bits per heavy atom. The predicted molar refractivity (Wildman–Crippen MR) is 118 cm³/mol. The molecule has 0 spiro atoms. The lowest BCUT2D eigenvalue weighted by molar-refractivity contribution is 0.0965. The van der Waals surface area contributed by atoms with Gasteiger partial charge in [0.25, 0.3) is 5.91 Å². The Labute approximate surface area is 177 Å². The third-order valence-corrected chi connectivity index (χ3v) is 6.82. The lowest BCUT2D eigenvalue weighted by Gasteiger charge is -2.40. The largest absolute Gasteiger partial charge is 0.372 e. The van der Waals surface area contributed by atoms with E-state index in [1.54, 1.807) is 0 Å². The number of fused-ring (bicyclic) bond motifs is 1. The third kappa shape index (κ3) is 3.88. The monoisotopic (exact) mass is 408 g/mol. The maximum Gasteiger partial charge on any atom is 0.252 e. The van der Waals surface area contributed by atoms with E-state index in [9.17, 15) is 9.18 Å². The molecular formula is C24H29FN4O. The van der Waals surface area contributed by atoms with Gasteiger partial charge in [-0.05, 0) is 48.6 Å². The lowest BCUT2D eigenvalue weighted by Crippen LogP contribution is -2.49. The molecule has 0 saturated carbocycles. The molecule has 0 atom stereocenters. The number of hydrogen-bond donors (Lipinski definition) is 1. The summed E-state index contributed by atoms with van der Waals surface area (Å²) in [5.41, 5.74) is 3.36. The fourth-order valence-corrected chi connectivity index (χ4v) is 5.02. The molecule has 3 aliphatic rings. The molecule has 30 heavy (non-hydrogen) atoms. The van der Waals surface area contributed by atoms with Crippen LogP contribution >= 0.6 is 0 Å². The maximum absolute atomic E-state index is 14.6. The number of anilines is 2. The van der Waals surface area contributed by atoms with Gasteiger partial charge in [-0.3, -0.25) is 9.69 Å². The molecule has 2 aromatic rings. The van der Waals surface area contributed by atoms with Crippen LogP contribution in [0.2, 0.25) is 0 Å². The molecule has 3 aliphatic heterocycles. The van der Waals surface area contributed by atoms with Gasteiger partial charge in [0.05, 0.1) is 5.69 Å². The van der Waals surface area contributed by atoms with Gasteiger partial charge >= 0.3 is 0 Å². The van der Waals surface area contributed by atoms with Crippen molar-refractivity contribution in [3.8, 4) is 0 Å². The van der Waals surface area contributed by atoms with Gasteiger partial charge in [-0.25, -0.2) is 4.39 Å². The Morgan fingerprint density at radius 1 is 0.933 bits per heavy atom. The molecule has 1 N–H and O–H groups in total. The number of nitrogens with zero attached hydrogens (tertiary/aromatic N) is 3. The zero-order valence-electron chi connectivity index (χ0n) is 17.3. The summed E-state index contributed by atoms with van der Waals surface area (Å²) in [5.74, 6) is 0.288. The molecule has 5 nitrogen and oxygen atoms in total. The molecule has 3 heterocycles. The molecular weight excluding hydrogens is 379 g/mol. The first-order valence-electron chi connectivity index (χ1n) is 11.1. The van der Waals surface area contributed by atoms with Gasteiger partial charge in [0.15, 0.2) is 0 Å². The molecule has 6 heteroatoms. The van der Waals surface area contributed by atoms with Crippen LogP contribution in [0.3, 0.4) is 0 Å². The van der Waals surface area contributed by atoms with Crippen molar-refractivity contribution in [2.24, 2.45) is 5.92 Å². The Bertz CT molecular complexity index is 903. The number of carbonyl (C=O) groups excluding carboxylic acids is 1. The van der Waals surface area contributed by atoms with Gasteiger partial charge in [-0.15, -0.1) is 0 Å². The number of amides is 1. The quantitative estimate of drug-likeness (QED) is 0.844. The molecule has 0 bridgehead atoms. The van der Waals surface area contributed by atoms with Gasteiger partial charge in [-0.2, -0.15) is 0 Å². The van der Waals surface area contributed by atoms with Crippen LogP contribution in [0.15, 0.2) is 42.5 Å². The van der Waals surface area contributed by atoms with Crippen LogP contribution in [0.1, 0.15) is 28.8 Å². The van der Waals surface area contributed by atoms with E-state index < -0.39 is 0 Å². The second kappa shape index (κ2) is 8.26. The molecule has 1 amide bonds. The summed E-state index contributed by atoms with van der Waals surface area (Å²) in [6.07, 6.45) is 2.46. The third-order valence-electron chi connectivity index (χ3n) is 6.82. The van der Waals surface area contributed by atoms with Gasteiger partial charge in [-0.1, -0.05) is 18.2 Å². The van der Waals surface area contributed by atoms with Crippen molar-refractivity contribution in [2.45, 2.75) is 19.4 Å². The van der Waals surface area contributed by atoms with Crippen LogP contribution in [0, 0.1) is 11.7 Å². The Balaban J connectivity index is 1.13. The van der Waals surface area contributed by atoms with Crippen molar-refractivity contribution < 1.29 is 9.18 Å². The smallest absolute Gasteiger partial charge is 0.252 e. The van der Waals surface area contributed by atoms with Crippen LogP contribution in [-0.4, -0.2) is 56.6 Å². The number of rotatable bonds is 4. The van der Waals surface area contributed by atoms with Crippen molar-refractivity contribution in [3.05, 3.63) is 59.4 Å². The number of carbonyl (C=O) groups is 1. The average Bonchev–Trinajstić information content (AvgIpc) is 3.14. The van der Waals surface area contributed by atoms with E-state index in [4.69, 9.17) is 0 Å². The first-order valence-corrected chi connectivity index (χ1v) is 11.1. The van der Waals surface area contributed by atoms with Crippen LogP contribution < -0.4 is 15.1 Å². The SMILES string of the molecule is O=C1NCc2cc(N3CCN(CC4CCN(c5ccccc5)CC4)CC3)c(F)cc21. The van der Waals surface area contributed by atoms with E-state index in [1.807, 2.05) is 6.07 Å². The second-order valence-electron chi connectivity index (χ2n) is 8.70. The molecule has 2 aromatic carbocycles. The minimum atomic E-state index is -0.285. The summed E-state index contributed by atoms with van der Waals surface area (Å²) >= 11 is 0. The highest BCUT2D eigenvalue weighted by Crippen LogP contribution is 2.28. The molecule has 0 radical (unpaired) electrons.